The number of carbonyl (C=O) groups excluding carboxylic acids is 2. The van der Waals surface area contributed by atoms with Crippen LogP contribution in [0.5, 0.6) is 0 Å². The van der Waals surface area contributed by atoms with Crippen LogP contribution in [0.3, 0.4) is 0 Å². The van der Waals surface area contributed by atoms with Gasteiger partial charge in [-0.15, -0.1) is 0 Å². The lowest BCUT2D eigenvalue weighted by Gasteiger charge is -2.34. The van der Waals surface area contributed by atoms with Gasteiger partial charge in [-0.2, -0.15) is 0 Å². The quantitative estimate of drug-likeness (QED) is 0.884. The minimum atomic E-state index is -0.242. The van der Waals surface area contributed by atoms with Crippen molar-refractivity contribution in [2.75, 3.05) is 39.3 Å². The Morgan fingerprint density at radius 3 is 2.56 bits per heavy atom. The molecule has 1 aromatic heterocycles. The monoisotopic (exact) mass is 342 g/mol. The average Bonchev–Trinajstić information content (AvgIpc) is 3.13. The fourth-order valence-corrected chi connectivity index (χ4v) is 2.83. The van der Waals surface area contributed by atoms with Crippen LogP contribution in [0.25, 0.3) is 11.3 Å². The fourth-order valence-electron chi connectivity index (χ4n) is 2.83. The third-order valence-electron chi connectivity index (χ3n) is 4.33. The summed E-state index contributed by atoms with van der Waals surface area (Å²) in [7, 11) is 0. The summed E-state index contributed by atoms with van der Waals surface area (Å²) in [5, 5.41) is 6.70. The summed E-state index contributed by atoms with van der Waals surface area (Å²) in [6.07, 6.45) is 0. The lowest BCUT2D eigenvalue weighted by atomic mass is 10.1. The van der Waals surface area contributed by atoms with Crippen LogP contribution in [-0.2, 0) is 4.79 Å². The summed E-state index contributed by atoms with van der Waals surface area (Å²) in [4.78, 5) is 27.5. The van der Waals surface area contributed by atoms with Crippen molar-refractivity contribution < 1.29 is 14.1 Å². The molecule has 0 spiro atoms. The largest absolute Gasteiger partial charge is 0.355 e. The van der Waals surface area contributed by atoms with Crippen LogP contribution >= 0.6 is 0 Å². The molecule has 1 aliphatic rings. The third kappa shape index (κ3) is 4.45. The molecule has 25 heavy (non-hydrogen) atoms. The number of hydrogen-bond acceptors (Lipinski definition) is 5. The van der Waals surface area contributed by atoms with Crippen LogP contribution in [-0.4, -0.2) is 66.0 Å². The van der Waals surface area contributed by atoms with E-state index in [-0.39, 0.29) is 17.5 Å². The molecule has 1 N–H and O–H groups in total. The number of nitrogens with one attached hydrogen (secondary N) is 1. The Bertz CT molecular complexity index is 721. The Morgan fingerprint density at radius 2 is 1.88 bits per heavy atom. The molecule has 1 aromatic carbocycles. The molecule has 1 saturated heterocycles. The highest BCUT2D eigenvalue weighted by Gasteiger charge is 2.18. The Labute approximate surface area is 146 Å². The third-order valence-corrected chi connectivity index (χ3v) is 4.33. The van der Waals surface area contributed by atoms with Gasteiger partial charge in [0.2, 0.25) is 5.91 Å². The van der Waals surface area contributed by atoms with Crippen molar-refractivity contribution in [1.29, 1.82) is 0 Å². The Hall–Kier alpha value is -2.67. The van der Waals surface area contributed by atoms with Crippen LogP contribution in [0.1, 0.15) is 17.4 Å². The molecule has 0 unspecified atom stereocenters. The molecular weight excluding hydrogens is 320 g/mol. The van der Waals surface area contributed by atoms with Gasteiger partial charge in [0.25, 0.3) is 5.91 Å². The van der Waals surface area contributed by atoms with Crippen LogP contribution in [0.4, 0.5) is 0 Å². The molecule has 7 nitrogen and oxygen atoms in total. The first kappa shape index (κ1) is 17.2. The number of hydrogen-bond donors (Lipinski definition) is 1. The molecule has 0 aliphatic carbocycles. The van der Waals surface area contributed by atoms with Crippen molar-refractivity contribution in [3.8, 4) is 11.3 Å². The number of aromatic nitrogens is 1. The maximum absolute atomic E-state index is 12.2. The molecule has 1 aliphatic heterocycles. The van der Waals surface area contributed by atoms with E-state index in [4.69, 9.17) is 4.52 Å². The van der Waals surface area contributed by atoms with E-state index >= 15 is 0 Å². The van der Waals surface area contributed by atoms with Gasteiger partial charge in [0, 0.05) is 57.8 Å². The molecule has 2 aromatic rings. The molecule has 0 radical (unpaired) electrons. The zero-order valence-electron chi connectivity index (χ0n) is 14.3. The van der Waals surface area contributed by atoms with E-state index < -0.39 is 0 Å². The van der Waals surface area contributed by atoms with Crippen molar-refractivity contribution in [2.24, 2.45) is 0 Å². The van der Waals surface area contributed by atoms with E-state index in [1.807, 2.05) is 35.2 Å². The number of benzene rings is 1. The second-order valence-corrected chi connectivity index (χ2v) is 6.05. The van der Waals surface area contributed by atoms with Crippen LogP contribution in [0.15, 0.2) is 40.9 Å². The van der Waals surface area contributed by atoms with Gasteiger partial charge in [-0.1, -0.05) is 35.5 Å². The molecule has 7 heteroatoms. The summed E-state index contributed by atoms with van der Waals surface area (Å²) in [6.45, 7) is 6.03. The molecule has 0 bridgehead atoms. The second-order valence-electron chi connectivity index (χ2n) is 6.05. The lowest BCUT2D eigenvalue weighted by Crippen LogP contribution is -2.49. The van der Waals surface area contributed by atoms with E-state index in [0.29, 0.717) is 12.3 Å². The summed E-state index contributed by atoms with van der Waals surface area (Å²) < 4.78 is 5.24. The predicted molar refractivity (Wildman–Crippen MR) is 93.0 cm³/mol. The Morgan fingerprint density at radius 1 is 1.16 bits per heavy atom. The van der Waals surface area contributed by atoms with Gasteiger partial charge in [0.05, 0.1) is 0 Å². The van der Waals surface area contributed by atoms with Gasteiger partial charge in [-0.05, 0) is 0 Å². The molecule has 2 amide bonds. The van der Waals surface area contributed by atoms with Crippen LogP contribution < -0.4 is 5.32 Å². The summed E-state index contributed by atoms with van der Waals surface area (Å²) >= 11 is 0. The second kappa shape index (κ2) is 7.94. The van der Waals surface area contributed by atoms with Gasteiger partial charge in [-0.25, -0.2) is 0 Å². The minimum Gasteiger partial charge on any atom is -0.355 e. The van der Waals surface area contributed by atoms with Gasteiger partial charge >= 0.3 is 0 Å². The standard InChI is InChI=1S/C18H22N4O3/c1-14(23)22-11-9-21(10-12-22)8-7-19-18(24)16-13-17(25-20-16)15-5-3-2-4-6-15/h2-6,13H,7-12H2,1H3,(H,19,24). The molecule has 0 atom stereocenters. The number of nitrogens with zero attached hydrogens (tertiary/aromatic N) is 3. The zero-order chi connectivity index (χ0) is 17.6. The number of carbonyl (C=O) groups is 2. The van der Waals surface area contributed by atoms with Crippen molar-refractivity contribution in [2.45, 2.75) is 6.92 Å². The lowest BCUT2D eigenvalue weighted by molar-refractivity contribution is -0.130. The average molecular weight is 342 g/mol. The normalized spacial score (nSPS) is 15.2. The number of rotatable bonds is 5. The maximum atomic E-state index is 12.2. The highest BCUT2D eigenvalue weighted by Crippen LogP contribution is 2.19. The Kier molecular flexibility index (Phi) is 5.45. The molecule has 0 saturated carbocycles. The highest BCUT2D eigenvalue weighted by molar-refractivity contribution is 5.93. The summed E-state index contributed by atoms with van der Waals surface area (Å²) in [6, 6.07) is 11.2. The topological polar surface area (TPSA) is 78.7 Å². The Balaban J connectivity index is 1.44. The van der Waals surface area contributed by atoms with Crippen molar-refractivity contribution in [3.63, 3.8) is 0 Å². The molecule has 3 rings (SSSR count). The van der Waals surface area contributed by atoms with Crippen molar-refractivity contribution in [1.82, 2.24) is 20.3 Å². The van der Waals surface area contributed by atoms with Gasteiger partial charge in [0.1, 0.15) is 0 Å². The summed E-state index contributed by atoms with van der Waals surface area (Å²) in [5.74, 6) is 0.451. The first-order valence-corrected chi connectivity index (χ1v) is 8.41. The van der Waals surface area contributed by atoms with E-state index in [0.717, 1.165) is 38.3 Å². The molecular formula is C18H22N4O3. The van der Waals surface area contributed by atoms with E-state index in [1.165, 1.54) is 0 Å². The van der Waals surface area contributed by atoms with Crippen LogP contribution in [0, 0.1) is 0 Å². The van der Waals surface area contributed by atoms with Crippen LogP contribution in [0.2, 0.25) is 0 Å². The maximum Gasteiger partial charge on any atom is 0.273 e. The predicted octanol–water partition coefficient (Wildman–Crippen LogP) is 1.24. The minimum absolute atomic E-state index is 0.119. The molecule has 2 heterocycles. The SMILES string of the molecule is CC(=O)N1CCN(CCNC(=O)c2cc(-c3ccccc3)on2)CC1. The first-order chi connectivity index (χ1) is 12.1. The molecule has 1 fully saturated rings. The first-order valence-electron chi connectivity index (χ1n) is 8.41. The number of amides is 2. The number of piperazine rings is 1. The van der Waals surface area contributed by atoms with Crippen molar-refractivity contribution >= 4 is 11.8 Å². The van der Waals surface area contributed by atoms with Gasteiger partial charge < -0.3 is 14.7 Å². The van der Waals surface area contributed by atoms with Gasteiger partial charge in [-0.3, -0.25) is 14.5 Å². The highest BCUT2D eigenvalue weighted by atomic mass is 16.5. The van der Waals surface area contributed by atoms with E-state index in [2.05, 4.69) is 15.4 Å². The fraction of sp³-hybridized carbons (Fsp3) is 0.389. The van der Waals surface area contributed by atoms with Gasteiger partial charge in [0.15, 0.2) is 11.5 Å². The van der Waals surface area contributed by atoms with Crippen molar-refractivity contribution in [3.05, 3.63) is 42.1 Å². The molecule has 132 valence electrons. The van der Waals surface area contributed by atoms with E-state index in [9.17, 15) is 9.59 Å². The zero-order valence-corrected chi connectivity index (χ0v) is 14.3. The summed E-state index contributed by atoms with van der Waals surface area (Å²) in [5.41, 5.74) is 1.16. The van der Waals surface area contributed by atoms with E-state index in [1.54, 1.807) is 13.0 Å². The smallest absolute Gasteiger partial charge is 0.273 e.